The van der Waals surface area contributed by atoms with Crippen molar-refractivity contribution in [3.05, 3.63) is 58.9 Å². The van der Waals surface area contributed by atoms with Gasteiger partial charge in [-0.25, -0.2) is 4.98 Å². The molecule has 0 radical (unpaired) electrons. The fraction of sp³-hybridized carbons (Fsp3) is 0.269. The molecule has 2 atom stereocenters. The van der Waals surface area contributed by atoms with Crippen LogP contribution in [0, 0.1) is 0 Å². The summed E-state index contributed by atoms with van der Waals surface area (Å²) in [6.45, 7) is 0.518. The topological polar surface area (TPSA) is 117 Å². The SMILES string of the molecule is COc1c(Cl)cccc1Nc1c2[nH]c3c1C(=O)NC[C@@H]3C/C=C\CC[C@@H]1Oc3c-2ccnc3NC1=O. The van der Waals surface area contributed by atoms with E-state index in [1.807, 2.05) is 18.2 Å². The van der Waals surface area contributed by atoms with Crippen molar-refractivity contribution in [1.82, 2.24) is 15.3 Å². The largest absolute Gasteiger partial charge is 0.493 e. The van der Waals surface area contributed by atoms with E-state index < -0.39 is 6.10 Å². The molecule has 36 heavy (non-hydrogen) atoms. The maximum Gasteiger partial charge on any atom is 0.266 e. The quantitative estimate of drug-likeness (QED) is 0.382. The molecule has 3 aliphatic heterocycles. The van der Waals surface area contributed by atoms with Crippen molar-refractivity contribution >= 4 is 40.6 Å². The molecule has 3 aromatic rings. The Morgan fingerprint density at radius 2 is 2.11 bits per heavy atom. The van der Waals surface area contributed by atoms with Gasteiger partial charge in [-0.15, -0.1) is 0 Å². The average molecular weight is 506 g/mol. The second-order valence-electron chi connectivity index (χ2n) is 8.93. The average Bonchev–Trinajstić information content (AvgIpc) is 3.25. The van der Waals surface area contributed by atoms with Gasteiger partial charge in [-0.3, -0.25) is 9.59 Å². The van der Waals surface area contributed by atoms with Gasteiger partial charge < -0.3 is 30.4 Å². The Kier molecular flexibility index (Phi) is 5.56. The van der Waals surface area contributed by atoms with Crippen LogP contribution in [0.2, 0.25) is 5.02 Å². The number of allylic oxidation sites excluding steroid dienone is 2. The van der Waals surface area contributed by atoms with Gasteiger partial charge in [-0.1, -0.05) is 29.8 Å². The number of benzene rings is 1. The number of aromatic nitrogens is 2. The number of hydrogen-bond donors (Lipinski definition) is 4. The minimum atomic E-state index is -0.642. The summed E-state index contributed by atoms with van der Waals surface area (Å²) in [5.74, 6) is 0.921. The van der Waals surface area contributed by atoms with Crippen LogP contribution in [0.25, 0.3) is 11.3 Å². The molecule has 0 unspecified atom stereocenters. The molecule has 9 nitrogen and oxygen atoms in total. The molecule has 0 fully saturated rings. The first kappa shape index (κ1) is 22.5. The van der Waals surface area contributed by atoms with Crippen LogP contribution in [0.4, 0.5) is 17.2 Å². The molecule has 10 heteroatoms. The number of amides is 2. The van der Waals surface area contributed by atoms with Crippen molar-refractivity contribution in [3.63, 3.8) is 0 Å². The number of ether oxygens (including phenoxy) is 2. The molecular weight excluding hydrogens is 482 g/mol. The van der Waals surface area contributed by atoms with Crippen LogP contribution in [-0.4, -0.2) is 41.5 Å². The van der Waals surface area contributed by atoms with Gasteiger partial charge in [0.1, 0.15) is 0 Å². The molecule has 2 amide bonds. The van der Waals surface area contributed by atoms with E-state index in [4.69, 9.17) is 21.1 Å². The second-order valence-corrected chi connectivity index (χ2v) is 9.34. The molecule has 4 N–H and O–H groups in total. The number of hydrogen-bond acceptors (Lipinski definition) is 6. The molecule has 2 aromatic heterocycles. The van der Waals surface area contributed by atoms with Gasteiger partial charge in [0.25, 0.3) is 11.8 Å². The minimum Gasteiger partial charge on any atom is -0.493 e. The Morgan fingerprint density at radius 1 is 1.22 bits per heavy atom. The van der Waals surface area contributed by atoms with E-state index >= 15 is 0 Å². The monoisotopic (exact) mass is 505 g/mol. The Labute approximate surface area is 212 Å². The zero-order valence-electron chi connectivity index (χ0n) is 19.5. The number of fused-ring (bicyclic) bond motifs is 3. The summed E-state index contributed by atoms with van der Waals surface area (Å²) in [6.07, 6.45) is 7.10. The van der Waals surface area contributed by atoms with Crippen molar-refractivity contribution in [2.45, 2.75) is 31.3 Å². The summed E-state index contributed by atoms with van der Waals surface area (Å²) in [6, 6.07) is 7.20. The number of halogens is 1. The number of rotatable bonds is 3. The second kappa shape index (κ2) is 8.91. The lowest BCUT2D eigenvalue weighted by atomic mass is 9.93. The summed E-state index contributed by atoms with van der Waals surface area (Å²) < 4.78 is 11.8. The Hall–Kier alpha value is -3.98. The van der Waals surface area contributed by atoms with E-state index in [1.165, 1.54) is 0 Å². The number of carbonyl (C=O) groups is 2. The van der Waals surface area contributed by atoms with E-state index in [0.717, 1.165) is 12.1 Å². The lowest BCUT2D eigenvalue weighted by Gasteiger charge is -2.27. The van der Waals surface area contributed by atoms with E-state index in [1.54, 1.807) is 19.4 Å². The minimum absolute atomic E-state index is 0.0524. The molecule has 0 spiro atoms. The van der Waals surface area contributed by atoms with Crippen LogP contribution in [0.3, 0.4) is 0 Å². The zero-order valence-corrected chi connectivity index (χ0v) is 20.2. The zero-order chi connectivity index (χ0) is 24.8. The number of nitrogens with one attached hydrogen (secondary N) is 4. The number of carbonyl (C=O) groups excluding carboxylic acids is 2. The van der Waals surface area contributed by atoms with Gasteiger partial charge in [0.2, 0.25) is 0 Å². The van der Waals surface area contributed by atoms with Crippen LogP contribution in [0.5, 0.6) is 11.5 Å². The van der Waals surface area contributed by atoms with Crippen molar-refractivity contribution in [2.75, 3.05) is 24.3 Å². The van der Waals surface area contributed by atoms with Crippen molar-refractivity contribution in [2.24, 2.45) is 0 Å². The first-order chi connectivity index (χ1) is 17.5. The molecule has 4 bridgehead atoms. The van der Waals surface area contributed by atoms with Crippen LogP contribution < -0.4 is 25.4 Å². The van der Waals surface area contributed by atoms with Gasteiger partial charge in [0.15, 0.2) is 23.4 Å². The molecule has 0 saturated heterocycles. The molecule has 184 valence electrons. The van der Waals surface area contributed by atoms with Crippen molar-refractivity contribution in [1.29, 1.82) is 0 Å². The predicted molar refractivity (Wildman–Crippen MR) is 136 cm³/mol. The third kappa shape index (κ3) is 3.67. The Bertz CT molecular complexity index is 1420. The summed E-state index contributed by atoms with van der Waals surface area (Å²) in [7, 11) is 1.54. The predicted octanol–water partition coefficient (Wildman–Crippen LogP) is 4.75. The number of H-pyrrole nitrogens is 1. The fourth-order valence-corrected chi connectivity index (χ4v) is 5.26. The standard InChI is InChI=1S/C26H24ClN5O4/c1-35-23-15(27)7-5-8-16(23)30-21-18-19-13(12-29-26(18)34)6-3-2-4-9-17-25(33)32-24-22(36-17)14(10-11-28-24)20(21)31-19/h2-3,5,7-8,10-11,13,17,30-31H,4,6,9,12H2,1H3,(H,29,34)(H,28,32,33)/b3-2-/t13-,17-/m0/s1. The van der Waals surface area contributed by atoms with Crippen molar-refractivity contribution in [3.8, 4) is 22.8 Å². The lowest BCUT2D eigenvalue weighted by molar-refractivity contribution is -0.123. The van der Waals surface area contributed by atoms with Gasteiger partial charge in [0.05, 0.1) is 34.8 Å². The molecule has 3 aliphatic rings. The van der Waals surface area contributed by atoms with Gasteiger partial charge in [0, 0.05) is 29.9 Å². The van der Waals surface area contributed by atoms with Crippen molar-refractivity contribution < 1.29 is 19.1 Å². The highest BCUT2D eigenvalue weighted by Crippen LogP contribution is 2.47. The Balaban J connectivity index is 1.60. The first-order valence-corrected chi connectivity index (χ1v) is 12.2. The summed E-state index contributed by atoms with van der Waals surface area (Å²) in [5.41, 5.74) is 3.87. The molecule has 5 heterocycles. The van der Waals surface area contributed by atoms with Crippen LogP contribution in [-0.2, 0) is 4.79 Å². The number of pyridine rings is 1. The van der Waals surface area contributed by atoms with Gasteiger partial charge >= 0.3 is 0 Å². The number of aromatic amines is 1. The normalized spacial score (nSPS) is 21.1. The smallest absolute Gasteiger partial charge is 0.266 e. The molecule has 6 rings (SSSR count). The molecule has 0 aliphatic carbocycles. The van der Waals surface area contributed by atoms with E-state index in [-0.39, 0.29) is 17.7 Å². The number of nitrogens with zero attached hydrogens (tertiary/aromatic N) is 1. The highest BCUT2D eigenvalue weighted by atomic mass is 35.5. The third-order valence-electron chi connectivity index (χ3n) is 6.75. The van der Waals surface area contributed by atoms with Crippen LogP contribution in [0.15, 0.2) is 42.6 Å². The third-order valence-corrected chi connectivity index (χ3v) is 7.05. The highest BCUT2D eigenvalue weighted by Gasteiger charge is 2.36. The van der Waals surface area contributed by atoms with E-state index in [0.29, 0.717) is 69.9 Å². The lowest BCUT2D eigenvalue weighted by Crippen LogP contribution is -2.37. The van der Waals surface area contributed by atoms with E-state index in [9.17, 15) is 9.59 Å². The molecule has 0 saturated carbocycles. The summed E-state index contributed by atoms with van der Waals surface area (Å²) >= 11 is 6.38. The van der Waals surface area contributed by atoms with Crippen LogP contribution >= 0.6 is 11.6 Å². The number of para-hydroxylation sites is 1. The maximum atomic E-state index is 13.2. The first-order valence-electron chi connectivity index (χ1n) is 11.8. The number of anilines is 3. The molecular formula is C26H24ClN5O4. The molecule has 1 aromatic carbocycles. The Morgan fingerprint density at radius 3 is 2.97 bits per heavy atom. The summed E-state index contributed by atoms with van der Waals surface area (Å²) in [5, 5.41) is 9.75. The van der Waals surface area contributed by atoms with Gasteiger partial charge in [-0.2, -0.15) is 0 Å². The van der Waals surface area contributed by atoms with Crippen LogP contribution in [0.1, 0.15) is 41.2 Å². The fourth-order valence-electron chi connectivity index (χ4n) is 5.01. The van der Waals surface area contributed by atoms with Gasteiger partial charge in [-0.05, 0) is 37.5 Å². The summed E-state index contributed by atoms with van der Waals surface area (Å²) in [4.78, 5) is 33.7. The maximum absolute atomic E-state index is 13.2. The number of methoxy groups -OCH3 is 1. The van der Waals surface area contributed by atoms with E-state index in [2.05, 4.69) is 38.1 Å². The highest BCUT2D eigenvalue weighted by molar-refractivity contribution is 6.32.